The van der Waals surface area contributed by atoms with Gasteiger partial charge in [0.15, 0.2) is 5.69 Å². The number of aryl methyl sites for hydroxylation is 1. The van der Waals surface area contributed by atoms with Crippen molar-refractivity contribution in [2.24, 2.45) is 0 Å². The van der Waals surface area contributed by atoms with Gasteiger partial charge in [0, 0.05) is 29.5 Å². The summed E-state index contributed by atoms with van der Waals surface area (Å²) in [6.45, 7) is 4.22. The van der Waals surface area contributed by atoms with Crippen LogP contribution in [0.3, 0.4) is 0 Å². The van der Waals surface area contributed by atoms with Crippen LogP contribution in [0.2, 0.25) is 0 Å². The number of imidazole rings is 1. The van der Waals surface area contributed by atoms with Gasteiger partial charge in [-0.1, -0.05) is 6.07 Å². The fourth-order valence-electron chi connectivity index (χ4n) is 4.43. The normalized spacial score (nSPS) is 18.6. The van der Waals surface area contributed by atoms with E-state index in [2.05, 4.69) is 31.9 Å². The van der Waals surface area contributed by atoms with Crippen molar-refractivity contribution >= 4 is 23.0 Å². The van der Waals surface area contributed by atoms with E-state index in [0.717, 1.165) is 36.0 Å². The monoisotopic (exact) mass is 456 g/mol. The summed E-state index contributed by atoms with van der Waals surface area (Å²) >= 11 is 0. The molecule has 4 aromatic rings. The van der Waals surface area contributed by atoms with Crippen LogP contribution < -0.4 is 10.6 Å². The quantitative estimate of drug-likeness (QED) is 0.324. The van der Waals surface area contributed by atoms with Crippen LogP contribution in [0.1, 0.15) is 36.4 Å². The number of benzene rings is 1. The van der Waals surface area contributed by atoms with Crippen LogP contribution in [0.15, 0.2) is 36.7 Å². The molecule has 3 aromatic heterocycles. The molecule has 0 saturated carbocycles. The lowest BCUT2D eigenvalue weighted by atomic mass is 10.0. The predicted octanol–water partition coefficient (Wildman–Crippen LogP) is 2.39. The summed E-state index contributed by atoms with van der Waals surface area (Å²) in [5.74, 6) is 0.612. The fourth-order valence-corrected chi connectivity index (χ4v) is 4.43. The molecular formula is C24H24N8O2. The topological polar surface area (TPSA) is 145 Å². The molecule has 1 aromatic carbocycles. The SMILES string of the molecule is Cc1[nH]nc(C#N)c1-c1nc(-n2cnc3cc(NC4CNC(C=O)C4)ccc32)ccc1C(C)O. The molecule has 3 unspecified atom stereocenters. The average Bonchev–Trinajstić information content (AvgIpc) is 3.56. The molecule has 4 N–H and O–H groups in total. The minimum atomic E-state index is -0.769. The number of nitrogens with zero attached hydrogens (tertiary/aromatic N) is 5. The molecule has 5 rings (SSSR count). The van der Waals surface area contributed by atoms with Gasteiger partial charge in [-0.05, 0) is 44.5 Å². The highest BCUT2D eigenvalue weighted by Crippen LogP contribution is 2.32. The summed E-state index contributed by atoms with van der Waals surface area (Å²) in [5.41, 5.74) is 5.22. The second kappa shape index (κ2) is 8.70. The zero-order chi connectivity index (χ0) is 23.8. The highest BCUT2D eigenvalue weighted by Gasteiger charge is 2.24. The Labute approximate surface area is 195 Å². The molecule has 3 atom stereocenters. The third-order valence-electron chi connectivity index (χ3n) is 6.15. The largest absolute Gasteiger partial charge is 0.389 e. The van der Waals surface area contributed by atoms with Gasteiger partial charge in [-0.15, -0.1) is 0 Å². The number of nitriles is 1. The number of hydrogen-bond acceptors (Lipinski definition) is 8. The van der Waals surface area contributed by atoms with Crippen LogP contribution in [0.25, 0.3) is 28.1 Å². The van der Waals surface area contributed by atoms with E-state index in [4.69, 9.17) is 4.98 Å². The lowest BCUT2D eigenvalue weighted by molar-refractivity contribution is -0.109. The maximum absolute atomic E-state index is 11.0. The number of anilines is 1. The first-order valence-corrected chi connectivity index (χ1v) is 11.1. The third kappa shape index (κ3) is 3.81. The molecule has 1 saturated heterocycles. The van der Waals surface area contributed by atoms with E-state index in [1.807, 2.05) is 41.8 Å². The number of carbonyl (C=O) groups excluding carboxylic acids is 1. The van der Waals surface area contributed by atoms with E-state index >= 15 is 0 Å². The van der Waals surface area contributed by atoms with Crippen LogP contribution >= 0.6 is 0 Å². The number of fused-ring (bicyclic) bond motifs is 1. The lowest BCUT2D eigenvalue weighted by Gasteiger charge is -2.14. The molecule has 1 aliphatic rings. The van der Waals surface area contributed by atoms with Gasteiger partial charge in [0.05, 0.1) is 34.4 Å². The first kappa shape index (κ1) is 21.8. The van der Waals surface area contributed by atoms with Gasteiger partial charge in [-0.3, -0.25) is 9.67 Å². The van der Waals surface area contributed by atoms with Gasteiger partial charge in [-0.2, -0.15) is 10.4 Å². The summed E-state index contributed by atoms with van der Waals surface area (Å²) < 4.78 is 1.87. The van der Waals surface area contributed by atoms with Gasteiger partial charge in [-0.25, -0.2) is 9.97 Å². The summed E-state index contributed by atoms with van der Waals surface area (Å²) in [5, 5.41) is 33.4. The number of aliphatic hydroxyl groups is 1. The first-order chi connectivity index (χ1) is 16.5. The Morgan fingerprint density at radius 2 is 2.21 bits per heavy atom. The molecule has 0 spiro atoms. The number of carbonyl (C=O) groups is 1. The summed E-state index contributed by atoms with van der Waals surface area (Å²) in [6, 6.07) is 11.7. The Morgan fingerprint density at radius 3 is 2.94 bits per heavy atom. The van der Waals surface area contributed by atoms with Gasteiger partial charge in [0.25, 0.3) is 0 Å². The molecule has 0 amide bonds. The predicted molar refractivity (Wildman–Crippen MR) is 126 cm³/mol. The molecule has 4 heterocycles. The number of nitrogens with one attached hydrogen (secondary N) is 3. The van der Waals surface area contributed by atoms with E-state index in [1.165, 1.54) is 0 Å². The van der Waals surface area contributed by atoms with Crippen LogP contribution in [0.4, 0.5) is 5.69 Å². The van der Waals surface area contributed by atoms with E-state index in [9.17, 15) is 15.2 Å². The van der Waals surface area contributed by atoms with Crippen LogP contribution in [0, 0.1) is 18.3 Å². The number of rotatable bonds is 6. The Hall–Kier alpha value is -4.07. The minimum absolute atomic E-state index is 0.106. The summed E-state index contributed by atoms with van der Waals surface area (Å²) in [7, 11) is 0. The maximum atomic E-state index is 11.0. The number of aromatic nitrogens is 5. The zero-order valence-electron chi connectivity index (χ0n) is 18.8. The molecular weight excluding hydrogens is 432 g/mol. The highest BCUT2D eigenvalue weighted by atomic mass is 16.3. The maximum Gasteiger partial charge on any atom is 0.171 e. The van der Waals surface area contributed by atoms with E-state index in [-0.39, 0.29) is 17.8 Å². The number of H-pyrrole nitrogens is 1. The molecule has 0 aliphatic carbocycles. The Kier molecular flexibility index (Phi) is 5.57. The third-order valence-corrected chi connectivity index (χ3v) is 6.15. The lowest BCUT2D eigenvalue weighted by Crippen LogP contribution is -2.23. The molecule has 1 aliphatic heterocycles. The van der Waals surface area contributed by atoms with Crippen molar-refractivity contribution in [3.63, 3.8) is 0 Å². The smallest absolute Gasteiger partial charge is 0.171 e. The Bertz CT molecular complexity index is 1410. The number of hydrogen-bond donors (Lipinski definition) is 4. The molecule has 0 bridgehead atoms. The molecule has 10 nitrogen and oxygen atoms in total. The molecule has 34 heavy (non-hydrogen) atoms. The van der Waals surface area contributed by atoms with Gasteiger partial charge < -0.3 is 20.5 Å². The van der Waals surface area contributed by atoms with Crippen molar-refractivity contribution in [1.82, 2.24) is 30.0 Å². The number of aromatic amines is 1. The van der Waals surface area contributed by atoms with E-state index < -0.39 is 6.10 Å². The molecule has 1 fully saturated rings. The van der Waals surface area contributed by atoms with Crippen LogP contribution in [-0.2, 0) is 4.79 Å². The Morgan fingerprint density at radius 1 is 1.35 bits per heavy atom. The second-order valence-electron chi connectivity index (χ2n) is 8.51. The summed E-state index contributed by atoms with van der Waals surface area (Å²) in [6.07, 6.45) is 2.63. The van der Waals surface area contributed by atoms with Gasteiger partial charge in [0.2, 0.25) is 0 Å². The second-order valence-corrected chi connectivity index (χ2v) is 8.51. The van der Waals surface area contributed by atoms with Crippen molar-refractivity contribution in [3.8, 4) is 23.1 Å². The zero-order valence-corrected chi connectivity index (χ0v) is 18.8. The van der Waals surface area contributed by atoms with E-state index in [0.29, 0.717) is 28.3 Å². The first-order valence-electron chi connectivity index (χ1n) is 11.1. The number of aldehydes is 1. The fraction of sp³-hybridized carbons (Fsp3) is 0.292. The van der Waals surface area contributed by atoms with Crippen molar-refractivity contribution in [3.05, 3.63) is 53.6 Å². The molecule has 10 heteroatoms. The van der Waals surface area contributed by atoms with E-state index in [1.54, 1.807) is 13.3 Å². The standard InChI is InChI=1S/C24H24N8O2/c1-13-23(20(9-25)31-30-13)24-18(14(2)34)4-6-22(29-24)32-12-27-19-8-15(3-5-21(19)32)28-16-7-17(11-33)26-10-16/h3-6,8,11-12,14,16-17,26,28,34H,7,10H2,1-2H3,(H,30,31). The average molecular weight is 457 g/mol. The molecule has 0 radical (unpaired) electrons. The minimum Gasteiger partial charge on any atom is -0.389 e. The molecule has 172 valence electrons. The van der Waals surface area contributed by atoms with Gasteiger partial charge in [0.1, 0.15) is 24.5 Å². The summed E-state index contributed by atoms with van der Waals surface area (Å²) in [4.78, 5) is 20.4. The van der Waals surface area contributed by atoms with Crippen molar-refractivity contribution in [2.75, 3.05) is 11.9 Å². The van der Waals surface area contributed by atoms with Gasteiger partial charge >= 0.3 is 0 Å². The van der Waals surface area contributed by atoms with Crippen LogP contribution in [-0.4, -0.2) is 54.8 Å². The van der Waals surface area contributed by atoms with Crippen molar-refractivity contribution in [2.45, 2.75) is 38.5 Å². The number of aliphatic hydroxyl groups excluding tert-OH is 1. The number of pyridine rings is 1. The Balaban J connectivity index is 1.52. The highest BCUT2D eigenvalue weighted by molar-refractivity contribution is 5.81. The van der Waals surface area contributed by atoms with Crippen molar-refractivity contribution < 1.29 is 9.90 Å². The van der Waals surface area contributed by atoms with Crippen molar-refractivity contribution in [1.29, 1.82) is 5.26 Å². The van der Waals surface area contributed by atoms with Crippen LogP contribution in [0.5, 0.6) is 0 Å².